The van der Waals surface area contributed by atoms with Gasteiger partial charge in [0.15, 0.2) is 0 Å². The topological polar surface area (TPSA) is 39.9 Å². The number of halogens is 1. The molecule has 0 aliphatic heterocycles. The lowest BCUT2D eigenvalue weighted by Gasteiger charge is -2.28. The summed E-state index contributed by atoms with van der Waals surface area (Å²) in [5.74, 6) is 0.363. The maximum absolute atomic E-state index is 12.9. The summed E-state index contributed by atoms with van der Waals surface area (Å²) < 4.78 is 20.5. The van der Waals surface area contributed by atoms with Crippen LogP contribution in [-0.2, 0) is 0 Å². The van der Waals surface area contributed by atoms with E-state index in [4.69, 9.17) is 4.74 Å². The smallest absolute Gasteiger partial charge is 0.138 e. The normalized spacial score (nSPS) is 14.0. The first kappa shape index (κ1) is 15.2. The summed E-state index contributed by atoms with van der Waals surface area (Å²) >= 11 is 0. The molecule has 21 heavy (non-hydrogen) atoms. The van der Waals surface area contributed by atoms with Crippen LogP contribution in [0.1, 0.15) is 27.7 Å². The molecule has 2 aromatic rings. The van der Waals surface area contributed by atoms with E-state index < -0.39 is 0 Å². The van der Waals surface area contributed by atoms with Gasteiger partial charge in [-0.15, -0.1) is 0 Å². The highest BCUT2D eigenvalue weighted by atomic mass is 19.1. The predicted octanol–water partition coefficient (Wildman–Crippen LogP) is 3.77. The summed E-state index contributed by atoms with van der Waals surface area (Å²) in [6, 6.07) is 6.03. The Hall–Kier alpha value is -2.17. The molecule has 0 fully saturated rings. The van der Waals surface area contributed by atoms with Crippen LogP contribution in [0.5, 0.6) is 5.75 Å². The van der Waals surface area contributed by atoms with Gasteiger partial charge in [0.2, 0.25) is 0 Å². The second-order valence-corrected chi connectivity index (χ2v) is 5.92. The predicted molar refractivity (Wildman–Crippen MR) is 80.2 cm³/mol. The molecule has 1 aromatic carbocycles. The monoisotopic (exact) mass is 289 g/mol. The van der Waals surface area contributed by atoms with Gasteiger partial charge < -0.3 is 4.74 Å². The quantitative estimate of drug-likeness (QED) is 0.860. The number of hydrogen-bond donors (Lipinski definition) is 0. The molecule has 0 spiro atoms. The van der Waals surface area contributed by atoms with Crippen LogP contribution in [0.2, 0.25) is 0 Å². The minimum absolute atomic E-state index is 0.0919. The average Bonchev–Trinajstić information content (AvgIpc) is 2.90. The Bertz CT molecular complexity index is 597. The third kappa shape index (κ3) is 4.15. The van der Waals surface area contributed by atoms with Gasteiger partial charge in [0.05, 0.1) is 0 Å². The molecule has 0 aliphatic rings. The number of aromatic nitrogens is 3. The molecular formula is C16H20FN3O. The summed E-state index contributed by atoms with van der Waals surface area (Å²) in [5.41, 5.74) is 0.975. The van der Waals surface area contributed by atoms with Crippen LogP contribution >= 0.6 is 0 Å². The molecule has 1 heterocycles. The number of benzene rings is 1. The number of ether oxygens (including phenoxy) is 1. The molecule has 0 aliphatic carbocycles. The van der Waals surface area contributed by atoms with Gasteiger partial charge in [-0.3, -0.25) is 0 Å². The Morgan fingerprint density at radius 3 is 2.48 bits per heavy atom. The summed E-state index contributed by atoms with van der Waals surface area (Å²) in [7, 11) is 0. The molecule has 0 saturated heterocycles. The fourth-order valence-electron chi connectivity index (χ4n) is 2.12. The minimum Gasteiger partial charge on any atom is -0.486 e. The number of rotatable bonds is 4. The van der Waals surface area contributed by atoms with Crippen LogP contribution < -0.4 is 4.74 Å². The van der Waals surface area contributed by atoms with Crippen molar-refractivity contribution in [1.29, 1.82) is 0 Å². The van der Waals surface area contributed by atoms with Crippen LogP contribution in [0.15, 0.2) is 42.5 Å². The Labute approximate surface area is 124 Å². The molecule has 1 atom stereocenters. The van der Waals surface area contributed by atoms with E-state index in [1.807, 2.05) is 13.1 Å². The molecule has 0 bridgehead atoms. The average molecular weight is 289 g/mol. The van der Waals surface area contributed by atoms with Crippen molar-refractivity contribution in [2.24, 2.45) is 5.41 Å². The molecule has 2 rings (SSSR count). The summed E-state index contributed by atoms with van der Waals surface area (Å²) in [4.78, 5) is 3.94. The van der Waals surface area contributed by atoms with Crippen molar-refractivity contribution < 1.29 is 9.13 Å². The molecule has 0 saturated carbocycles. The lowest BCUT2D eigenvalue weighted by atomic mass is 9.84. The van der Waals surface area contributed by atoms with Gasteiger partial charge in [0.25, 0.3) is 0 Å². The highest BCUT2D eigenvalue weighted by Crippen LogP contribution is 2.30. The zero-order chi connectivity index (χ0) is 15.5. The van der Waals surface area contributed by atoms with Gasteiger partial charge in [-0.2, -0.15) is 5.10 Å². The van der Waals surface area contributed by atoms with Crippen LogP contribution in [0.25, 0.3) is 6.20 Å². The number of nitrogens with zero attached hydrogens (tertiary/aromatic N) is 3. The van der Waals surface area contributed by atoms with Gasteiger partial charge in [0.1, 0.15) is 30.3 Å². The van der Waals surface area contributed by atoms with Gasteiger partial charge in [-0.1, -0.05) is 20.8 Å². The zero-order valence-electron chi connectivity index (χ0n) is 12.7. The third-order valence-electron chi connectivity index (χ3n) is 3.14. The van der Waals surface area contributed by atoms with Crippen molar-refractivity contribution in [2.75, 3.05) is 0 Å². The second-order valence-electron chi connectivity index (χ2n) is 5.92. The largest absolute Gasteiger partial charge is 0.486 e. The third-order valence-corrected chi connectivity index (χ3v) is 3.14. The zero-order valence-corrected chi connectivity index (χ0v) is 12.7. The molecule has 0 N–H and O–H groups in total. The van der Waals surface area contributed by atoms with E-state index in [0.29, 0.717) is 5.75 Å². The molecule has 5 heteroatoms. The van der Waals surface area contributed by atoms with Crippen molar-refractivity contribution in [3.63, 3.8) is 0 Å². The second kappa shape index (κ2) is 6.08. The van der Waals surface area contributed by atoms with E-state index in [-0.39, 0.29) is 17.3 Å². The minimum atomic E-state index is -0.274. The summed E-state index contributed by atoms with van der Waals surface area (Å²) in [5, 5.41) is 4.09. The van der Waals surface area contributed by atoms with Gasteiger partial charge in [-0.25, -0.2) is 14.1 Å². The lowest BCUT2D eigenvalue weighted by molar-refractivity contribution is 0.228. The SMILES string of the molecule is CC(Oc1ccc(F)cc1)/C(=C/n1cncn1)C(C)(C)C. The first-order valence-corrected chi connectivity index (χ1v) is 6.85. The van der Waals surface area contributed by atoms with Crippen molar-refractivity contribution in [1.82, 2.24) is 14.8 Å². The maximum atomic E-state index is 12.9. The standard InChI is InChI=1S/C16H20FN3O/c1-12(21-14-7-5-13(17)6-8-14)15(16(2,3)4)9-20-11-18-10-19-20/h5-12H,1-4H3/b15-9-. The van der Waals surface area contributed by atoms with E-state index in [1.165, 1.54) is 18.5 Å². The fourth-order valence-corrected chi connectivity index (χ4v) is 2.12. The molecule has 112 valence electrons. The molecule has 1 unspecified atom stereocenters. The molecule has 4 nitrogen and oxygen atoms in total. The van der Waals surface area contributed by atoms with Gasteiger partial charge >= 0.3 is 0 Å². The molecule has 1 aromatic heterocycles. The van der Waals surface area contributed by atoms with E-state index >= 15 is 0 Å². The van der Waals surface area contributed by atoms with E-state index in [2.05, 4.69) is 30.9 Å². The maximum Gasteiger partial charge on any atom is 0.138 e. The van der Waals surface area contributed by atoms with E-state index in [0.717, 1.165) is 5.57 Å². The van der Waals surface area contributed by atoms with E-state index in [1.54, 1.807) is 23.1 Å². The van der Waals surface area contributed by atoms with Crippen molar-refractivity contribution >= 4 is 6.20 Å². The molecule has 0 radical (unpaired) electrons. The van der Waals surface area contributed by atoms with Gasteiger partial charge in [0, 0.05) is 6.20 Å². The van der Waals surface area contributed by atoms with E-state index in [9.17, 15) is 4.39 Å². The Morgan fingerprint density at radius 2 is 1.95 bits per heavy atom. The lowest BCUT2D eigenvalue weighted by Crippen LogP contribution is -2.25. The highest BCUT2D eigenvalue weighted by molar-refractivity contribution is 5.36. The van der Waals surface area contributed by atoms with Crippen LogP contribution in [0.4, 0.5) is 4.39 Å². The van der Waals surface area contributed by atoms with Crippen molar-refractivity contribution in [3.05, 3.63) is 48.3 Å². The highest BCUT2D eigenvalue weighted by Gasteiger charge is 2.24. The Morgan fingerprint density at radius 1 is 1.29 bits per heavy atom. The fraction of sp³-hybridized carbons (Fsp3) is 0.375. The number of hydrogen-bond acceptors (Lipinski definition) is 3. The van der Waals surface area contributed by atoms with Crippen LogP contribution in [0.3, 0.4) is 0 Å². The first-order chi connectivity index (χ1) is 9.86. The van der Waals surface area contributed by atoms with Gasteiger partial charge in [-0.05, 0) is 42.2 Å². The Kier molecular flexibility index (Phi) is 4.40. The van der Waals surface area contributed by atoms with Crippen molar-refractivity contribution in [2.45, 2.75) is 33.8 Å². The van der Waals surface area contributed by atoms with Crippen molar-refractivity contribution in [3.8, 4) is 5.75 Å². The summed E-state index contributed by atoms with van der Waals surface area (Å²) in [6.07, 6.45) is 4.87. The Balaban J connectivity index is 2.23. The summed E-state index contributed by atoms with van der Waals surface area (Å²) in [6.45, 7) is 8.30. The van der Waals surface area contributed by atoms with Crippen LogP contribution in [0, 0.1) is 11.2 Å². The first-order valence-electron chi connectivity index (χ1n) is 6.85. The van der Waals surface area contributed by atoms with Crippen LogP contribution in [-0.4, -0.2) is 20.9 Å². The molecule has 0 amide bonds. The molecular weight excluding hydrogens is 269 g/mol.